The van der Waals surface area contributed by atoms with Crippen LogP contribution in [-0.4, -0.2) is 15.0 Å². The van der Waals surface area contributed by atoms with Crippen LogP contribution >= 0.6 is 11.3 Å². The lowest BCUT2D eigenvalue weighted by Crippen LogP contribution is -2.22. The maximum Gasteiger partial charge on any atom is 0.102 e. The normalized spacial score (nSPS) is 11.7. The third kappa shape index (κ3) is 2.61. The summed E-state index contributed by atoms with van der Waals surface area (Å²) < 4.78 is 1.89. The highest BCUT2D eigenvalue weighted by Crippen LogP contribution is 2.14. The second-order valence-electron chi connectivity index (χ2n) is 4.69. The molecule has 2 rings (SSSR count). The first-order valence-electron chi connectivity index (χ1n) is 5.23. The molecule has 0 spiro atoms. The highest BCUT2D eigenvalue weighted by Gasteiger charge is 2.14. The van der Waals surface area contributed by atoms with Gasteiger partial charge < -0.3 is 5.32 Å². The molecule has 0 bridgehead atoms. The Labute approximate surface area is 99.3 Å². The minimum atomic E-state index is -0.00632. The van der Waals surface area contributed by atoms with Crippen molar-refractivity contribution in [3.63, 3.8) is 0 Å². The van der Waals surface area contributed by atoms with Gasteiger partial charge in [0, 0.05) is 11.1 Å². The van der Waals surface area contributed by atoms with Gasteiger partial charge in [-0.1, -0.05) is 5.21 Å². The zero-order valence-corrected chi connectivity index (χ0v) is 10.6. The van der Waals surface area contributed by atoms with Gasteiger partial charge in [0.25, 0.3) is 0 Å². The molecular weight excluding hydrogens is 220 g/mol. The van der Waals surface area contributed by atoms with Gasteiger partial charge in [-0.2, -0.15) is 11.3 Å². The molecule has 2 aromatic rings. The SMILES string of the molecule is CC(C)(C)n1cc(CNc2ccsc2)nn1. The summed E-state index contributed by atoms with van der Waals surface area (Å²) in [5.41, 5.74) is 2.09. The van der Waals surface area contributed by atoms with Crippen molar-refractivity contribution in [2.75, 3.05) is 5.32 Å². The Balaban J connectivity index is 1.98. The monoisotopic (exact) mass is 236 g/mol. The molecule has 0 aromatic carbocycles. The molecule has 0 atom stereocenters. The van der Waals surface area contributed by atoms with Gasteiger partial charge in [0.05, 0.1) is 18.3 Å². The minimum absolute atomic E-state index is 0.00632. The number of hydrogen-bond donors (Lipinski definition) is 1. The molecule has 4 nitrogen and oxygen atoms in total. The molecule has 0 radical (unpaired) electrons. The molecule has 0 amide bonds. The van der Waals surface area contributed by atoms with Crippen LogP contribution in [0.3, 0.4) is 0 Å². The molecule has 16 heavy (non-hydrogen) atoms. The summed E-state index contributed by atoms with van der Waals surface area (Å²) in [6.45, 7) is 7.04. The van der Waals surface area contributed by atoms with Crippen LogP contribution in [0.1, 0.15) is 26.5 Å². The first-order valence-corrected chi connectivity index (χ1v) is 6.18. The molecule has 0 saturated heterocycles. The molecule has 0 aliphatic heterocycles. The number of nitrogens with one attached hydrogen (secondary N) is 1. The molecule has 2 heterocycles. The Morgan fingerprint density at radius 3 is 2.81 bits per heavy atom. The van der Waals surface area contributed by atoms with Gasteiger partial charge in [0.15, 0.2) is 0 Å². The first kappa shape index (κ1) is 11.1. The number of rotatable bonds is 3. The Morgan fingerprint density at radius 2 is 2.25 bits per heavy atom. The topological polar surface area (TPSA) is 42.7 Å². The second kappa shape index (κ2) is 4.25. The lowest BCUT2D eigenvalue weighted by Gasteiger charge is -2.17. The number of aromatic nitrogens is 3. The van der Waals surface area contributed by atoms with Crippen LogP contribution < -0.4 is 5.32 Å². The predicted molar refractivity (Wildman–Crippen MR) is 66.7 cm³/mol. The molecule has 0 aliphatic rings. The van der Waals surface area contributed by atoms with Crippen molar-refractivity contribution in [2.45, 2.75) is 32.9 Å². The Kier molecular flexibility index (Phi) is 2.96. The van der Waals surface area contributed by atoms with E-state index in [2.05, 4.69) is 47.8 Å². The van der Waals surface area contributed by atoms with E-state index in [9.17, 15) is 0 Å². The van der Waals surface area contributed by atoms with Crippen LogP contribution in [0.15, 0.2) is 23.0 Å². The summed E-state index contributed by atoms with van der Waals surface area (Å²) in [7, 11) is 0. The summed E-state index contributed by atoms with van der Waals surface area (Å²) >= 11 is 1.68. The van der Waals surface area contributed by atoms with Crippen LogP contribution in [0.2, 0.25) is 0 Å². The van der Waals surface area contributed by atoms with Crippen LogP contribution in [-0.2, 0) is 12.1 Å². The van der Waals surface area contributed by atoms with E-state index >= 15 is 0 Å². The lowest BCUT2D eigenvalue weighted by molar-refractivity contribution is 0.347. The zero-order chi connectivity index (χ0) is 11.6. The van der Waals surface area contributed by atoms with Gasteiger partial charge in [0.1, 0.15) is 5.69 Å². The third-order valence-electron chi connectivity index (χ3n) is 2.22. The van der Waals surface area contributed by atoms with Gasteiger partial charge in [0.2, 0.25) is 0 Å². The van der Waals surface area contributed by atoms with Crippen molar-refractivity contribution in [1.29, 1.82) is 0 Å². The Bertz CT molecular complexity index is 439. The fourth-order valence-corrected chi connectivity index (χ4v) is 1.88. The summed E-state index contributed by atoms with van der Waals surface area (Å²) in [4.78, 5) is 0. The van der Waals surface area contributed by atoms with Crippen molar-refractivity contribution in [1.82, 2.24) is 15.0 Å². The van der Waals surface area contributed by atoms with E-state index in [1.165, 1.54) is 0 Å². The molecule has 2 aromatic heterocycles. The molecular formula is C11H16N4S. The summed E-state index contributed by atoms with van der Waals surface area (Å²) in [6.07, 6.45) is 1.99. The average molecular weight is 236 g/mol. The van der Waals surface area contributed by atoms with Gasteiger partial charge in [-0.3, -0.25) is 0 Å². The van der Waals surface area contributed by atoms with Gasteiger partial charge in [-0.05, 0) is 32.2 Å². The number of hydrogen-bond acceptors (Lipinski definition) is 4. The standard InChI is InChI=1S/C11H16N4S/c1-11(2,3)15-7-10(13-14-15)6-12-9-4-5-16-8-9/h4-5,7-8,12H,6H2,1-3H3. The molecule has 0 saturated carbocycles. The van der Waals surface area contributed by atoms with E-state index in [-0.39, 0.29) is 5.54 Å². The number of nitrogens with zero attached hydrogens (tertiary/aromatic N) is 3. The number of anilines is 1. The first-order chi connectivity index (χ1) is 7.55. The average Bonchev–Trinajstić information content (AvgIpc) is 2.85. The number of thiophene rings is 1. The smallest absolute Gasteiger partial charge is 0.102 e. The molecule has 5 heteroatoms. The van der Waals surface area contributed by atoms with Crippen molar-refractivity contribution in [2.24, 2.45) is 0 Å². The van der Waals surface area contributed by atoms with Gasteiger partial charge >= 0.3 is 0 Å². The van der Waals surface area contributed by atoms with E-state index in [0.717, 1.165) is 11.4 Å². The van der Waals surface area contributed by atoms with E-state index in [1.807, 2.05) is 16.3 Å². The van der Waals surface area contributed by atoms with Crippen molar-refractivity contribution >= 4 is 17.0 Å². The highest BCUT2D eigenvalue weighted by molar-refractivity contribution is 7.08. The van der Waals surface area contributed by atoms with E-state index in [0.29, 0.717) is 6.54 Å². The summed E-state index contributed by atoms with van der Waals surface area (Å²) in [5, 5.41) is 15.7. The van der Waals surface area contributed by atoms with E-state index in [1.54, 1.807) is 11.3 Å². The van der Waals surface area contributed by atoms with E-state index in [4.69, 9.17) is 0 Å². The largest absolute Gasteiger partial charge is 0.379 e. The van der Waals surface area contributed by atoms with Crippen molar-refractivity contribution in [3.8, 4) is 0 Å². The van der Waals surface area contributed by atoms with Gasteiger partial charge in [-0.15, -0.1) is 5.10 Å². The fourth-order valence-electron chi connectivity index (χ4n) is 1.26. The van der Waals surface area contributed by atoms with Crippen molar-refractivity contribution < 1.29 is 0 Å². The summed E-state index contributed by atoms with van der Waals surface area (Å²) in [5.74, 6) is 0. The Hall–Kier alpha value is -1.36. The van der Waals surface area contributed by atoms with Crippen LogP contribution in [0.25, 0.3) is 0 Å². The van der Waals surface area contributed by atoms with Gasteiger partial charge in [-0.25, -0.2) is 4.68 Å². The quantitative estimate of drug-likeness (QED) is 0.891. The summed E-state index contributed by atoms with van der Waals surface area (Å²) in [6, 6.07) is 2.05. The van der Waals surface area contributed by atoms with Crippen LogP contribution in [0, 0.1) is 0 Å². The maximum atomic E-state index is 4.14. The lowest BCUT2D eigenvalue weighted by atomic mass is 10.1. The van der Waals surface area contributed by atoms with Crippen LogP contribution in [0.5, 0.6) is 0 Å². The molecule has 0 unspecified atom stereocenters. The van der Waals surface area contributed by atoms with Crippen LogP contribution in [0.4, 0.5) is 5.69 Å². The molecule has 1 N–H and O–H groups in total. The molecule has 0 aliphatic carbocycles. The maximum absolute atomic E-state index is 4.14. The third-order valence-corrected chi connectivity index (χ3v) is 2.91. The molecule has 86 valence electrons. The minimum Gasteiger partial charge on any atom is -0.379 e. The zero-order valence-electron chi connectivity index (χ0n) is 9.77. The Morgan fingerprint density at radius 1 is 1.44 bits per heavy atom. The fraction of sp³-hybridized carbons (Fsp3) is 0.455. The van der Waals surface area contributed by atoms with E-state index < -0.39 is 0 Å². The van der Waals surface area contributed by atoms with Crippen molar-refractivity contribution in [3.05, 3.63) is 28.7 Å². The highest BCUT2D eigenvalue weighted by atomic mass is 32.1. The predicted octanol–water partition coefficient (Wildman–Crippen LogP) is 2.71. The molecule has 0 fully saturated rings. The second-order valence-corrected chi connectivity index (χ2v) is 5.47.